The number of hydrogen-bond acceptors (Lipinski definition) is 6. The molecule has 2 aromatic carbocycles. The maximum atomic E-state index is 13.5. The first-order valence-electron chi connectivity index (χ1n) is 10.2. The molecule has 7 nitrogen and oxygen atoms in total. The number of rotatable bonds is 6. The molecule has 0 aliphatic carbocycles. The smallest absolute Gasteiger partial charge is 0.237 e. The van der Waals surface area contributed by atoms with Crippen molar-refractivity contribution in [2.45, 2.75) is 24.3 Å². The highest BCUT2D eigenvalue weighted by atomic mass is 32.2. The number of nitrogens with zero attached hydrogens (tertiary/aromatic N) is 4. The summed E-state index contributed by atoms with van der Waals surface area (Å²) in [5, 5.41) is 11.4. The molecule has 0 radical (unpaired) electrons. The molecule has 10 heteroatoms. The molecule has 0 bridgehead atoms. The maximum Gasteiger partial charge on any atom is 0.237 e. The summed E-state index contributed by atoms with van der Waals surface area (Å²) in [4.78, 5) is 14.8. The van der Waals surface area contributed by atoms with Crippen molar-refractivity contribution in [1.82, 2.24) is 14.8 Å². The first-order chi connectivity index (χ1) is 15.4. The van der Waals surface area contributed by atoms with Crippen LogP contribution in [0.4, 0.5) is 20.4 Å². The number of amides is 1. The molecule has 1 amide bonds. The zero-order valence-electron chi connectivity index (χ0n) is 17.7. The van der Waals surface area contributed by atoms with Crippen LogP contribution in [0.25, 0.3) is 5.69 Å². The highest BCUT2D eigenvalue weighted by Crippen LogP contribution is 2.30. The van der Waals surface area contributed by atoms with Crippen LogP contribution in [0, 0.1) is 18.6 Å². The lowest BCUT2D eigenvalue weighted by atomic mass is 10.2. The van der Waals surface area contributed by atoms with Crippen LogP contribution in [0.3, 0.4) is 0 Å². The van der Waals surface area contributed by atoms with Crippen molar-refractivity contribution in [3.63, 3.8) is 0 Å². The third-order valence-corrected chi connectivity index (χ3v) is 6.05. The van der Waals surface area contributed by atoms with Gasteiger partial charge in [-0.3, -0.25) is 9.36 Å². The fourth-order valence-electron chi connectivity index (χ4n) is 3.33. The zero-order valence-corrected chi connectivity index (χ0v) is 18.5. The van der Waals surface area contributed by atoms with Crippen LogP contribution >= 0.6 is 11.8 Å². The minimum Gasteiger partial charge on any atom is -0.378 e. The minimum atomic E-state index is -1.02. The van der Waals surface area contributed by atoms with Gasteiger partial charge in [0.15, 0.2) is 16.8 Å². The van der Waals surface area contributed by atoms with Gasteiger partial charge in [0.05, 0.1) is 24.2 Å². The summed E-state index contributed by atoms with van der Waals surface area (Å²) in [5.74, 6) is -1.65. The summed E-state index contributed by atoms with van der Waals surface area (Å²) in [6.45, 7) is 6.34. The third kappa shape index (κ3) is 4.91. The predicted molar refractivity (Wildman–Crippen MR) is 119 cm³/mol. The fraction of sp³-hybridized carbons (Fsp3) is 0.318. The van der Waals surface area contributed by atoms with E-state index >= 15 is 0 Å². The van der Waals surface area contributed by atoms with Gasteiger partial charge in [-0.25, -0.2) is 8.78 Å². The molecule has 1 aromatic heterocycles. The van der Waals surface area contributed by atoms with E-state index in [-0.39, 0.29) is 11.6 Å². The molecule has 4 rings (SSSR count). The number of thioether (sulfide) groups is 1. The van der Waals surface area contributed by atoms with E-state index in [1.165, 1.54) is 17.8 Å². The Labute approximate surface area is 188 Å². The number of carbonyl (C=O) groups excluding carboxylic acids is 1. The number of aryl methyl sites for hydroxylation is 1. The van der Waals surface area contributed by atoms with E-state index in [0.29, 0.717) is 37.4 Å². The van der Waals surface area contributed by atoms with Crippen LogP contribution < -0.4 is 10.2 Å². The lowest BCUT2D eigenvalue weighted by molar-refractivity contribution is -0.115. The summed E-state index contributed by atoms with van der Waals surface area (Å²) >= 11 is 1.24. The molecule has 2 heterocycles. The number of halogens is 2. The van der Waals surface area contributed by atoms with Crippen molar-refractivity contribution in [3.05, 3.63) is 59.7 Å². The molecule has 0 spiro atoms. The van der Waals surface area contributed by atoms with Crippen LogP contribution in [-0.2, 0) is 9.53 Å². The summed E-state index contributed by atoms with van der Waals surface area (Å²) in [5.41, 5.74) is 2.17. The van der Waals surface area contributed by atoms with Gasteiger partial charge >= 0.3 is 0 Å². The quantitative estimate of drug-likeness (QED) is 0.566. The second-order valence-electron chi connectivity index (χ2n) is 7.43. The van der Waals surface area contributed by atoms with Gasteiger partial charge in [-0.05, 0) is 43.7 Å². The van der Waals surface area contributed by atoms with Crippen molar-refractivity contribution in [1.29, 1.82) is 0 Å². The number of morpholine rings is 1. The molecular formula is C22H23F2N5O2S. The Morgan fingerprint density at radius 3 is 2.62 bits per heavy atom. The maximum absolute atomic E-state index is 13.5. The Balaban J connectivity index is 1.58. The van der Waals surface area contributed by atoms with Gasteiger partial charge in [0, 0.05) is 24.8 Å². The van der Waals surface area contributed by atoms with Crippen LogP contribution in [-0.4, -0.2) is 52.2 Å². The van der Waals surface area contributed by atoms with Gasteiger partial charge in [-0.2, -0.15) is 0 Å². The first-order valence-corrected chi connectivity index (χ1v) is 11.1. The van der Waals surface area contributed by atoms with Crippen molar-refractivity contribution in [2.24, 2.45) is 0 Å². The average Bonchev–Trinajstić information content (AvgIpc) is 3.20. The van der Waals surface area contributed by atoms with Crippen molar-refractivity contribution >= 4 is 29.3 Å². The Morgan fingerprint density at radius 1 is 1.12 bits per heavy atom. The molecule has 168 valence electrons. The van der Waals surface area contributed by atoms with E-state index in [9.17, 15) is 13.6 Å². The van der Waals surface area contributed by atoms with Gasteiger partial charge in [0.25, 0.3) is 0 Å². The van der Waals surface area contributed by atoms with Crippen molar-refractivity contribution < 1.29 is 18.3 Å². The summed E-state index contributed by atoms with van der Waals surface area (Å²) in [6, 6.07) is 11.2. The van der Waals surface area contributed by atoms with E-state index in [0.717, 1.165) is 23.4 Å². The molecule has 1 fully saturated rings. The second kappa shape index (κ2) is 9.66. The molecule has 1 atom stereocenters. The average molecular weight is 460 g/mol. The van der Waals surface area contributed by atoms with Crippen molar-refractivity contribution in [3.8, 4) is 5.69 Å². The summed E-state index contributed by atoms with van der Waals surface area (Å²) < 4.78 is 34.0. The lowest BCUT2D eigenvalue weighted by Gasteiger charge is -2.28. The summed E-state index contributed by atoms with van der Waals surface area (Å²) in [6.07, 6.45) is 0. The topological polar surface area (TPSA) is 72.3 Å². The van der Waals surface area contributed by atoms with Gasteiger partial charge in [-0.15, -0.1) is 10.2 Å². The molecule has 0 saturated carbocycles. The highest BCUT2D eigenvalue weighted by Gasteiger charge is 2.25. The first kappa shape index (κ1) is 22.2. The number of ether oxygens (including phenoxy) is 1. The standard InChI is InChI=1S/C22H23F2N5O2S/c1-14-4-3-5-17(12-14)29-21(28-8-10-31-11-9-28)26-27-22(29)32-15(2)20(30)25-16-6-7-18(23)19(24)13-16/h3-7,12-13,15H,8-11H2,1-2H3,(H,25,30). The normalized spacial score (nSPS) is 14.9. The number of carbonyl (C=O) groups is 1. The second-order valence-corrected chi connectivity index (χ2v) is 8.74. The number of benzene rings is 2. The van der Waals surface area contributed by atoms with Gasteiger partial charge in [-0.1, -0.05) is 23.9 Å². The molecule has 1 unspecified atom stereocenters. The van der Waals surface area contributed by atoms with E-state index in [2.05, 4.69) is 20.4 Å². The molecule has 1 N–H and O–H groups in total. The van der Waals surface area contributed by atoms with Gasteiger partial charge in [0.1, 0.15) is 0 Å². The summed E-state index contributed by atoms with van der Waals surface area (Å²) in [7, 11) is 0. The van der Waals surface area contributed by atoms with Crippen LogP contribution in [0.1, 0.15) is 12.5 Å². The molecule has 1 aliphatic rings. The van der Waals surface area contributed by atoms with E-state index in [1.807, 2.05) is 35.8 Å². The van der Waals surface area contributed by atoms with E-state index in [1.54, 1.807) is 6.92 Å². The highest BCUT2D eigenvalue weighted by molar-refractivity contribution is 8.00. The number of anilines is 2. The predicted octanol–water partition coefficient (Wildman–Crippen LogP) is 3.81. The van der Waals surface area contributed by atoms with Crippen LogP contribution in [0.5, 0.6) is 0 Å². The Hall–Kier alpha value is -2.98. The largest absolute Gasteiger partial charge is 0.378 e. The van der Waals surface area contributed by atoms with Gasteiger partial charge < -0.3 is 15.0 Å². The Bertz CT molecular complexity index is 1120. The fourth-order valence-corrected chi connectivity index (χ4v) is 4.19. The third-order valence-electron chi connectivity index (χ3n) is 5.01. The SMILES string of the molecule is Cc1cccc(-n2c(SC(C)C(=O)Nc3ccc(F)c(F)c3)nnc2N2CCOCC2)c1. The lowest BCUT2D eigenvalue weighted by Crippen LogP contribution is -2.38. The Kier molecular flexibility index (Phi) is 6.71. The van der Waals surface area contributed by atoms with Crippen LogP contribution in [0.2, 0.25) is 0 Å². The van der Waals surface area contributed by atoms with Crippen LogP contribution in [0.15, 0.2) is 47.6 Å². The number of hydrogen-bond donors (Lipinski definition) is 1. The minimum absolute atomic E-state index is 0.190. The molecule has 1 aliphatic heterocycles. The van der Waals surface area contributed by atoms with E-state index < -0.39 is 16.9 Å². The zero-order chi connectivity index (χ0) is 22.7. The monoisotopic (exact) mass is 459 g/mol. The van der Waals surface area contributed by atoms with E-state index in [4.69, 9.17) is 4.74 Å². The van der Waals surface area contributed by atoms with Crippen molar-refractivity contribution in [2.75, 3.05) is 36.5 Å². The number of aromatic nitrogens is 3. The Morgan fingerprint density at radius 2 is 1.91 bits per heavy atom. The molecule has 1 saturated heterocycles. The molecular weight excluding hydrogens is 436 g/mol. The molecule has 3 aromatic rings. The molecule has 32 heavy (non-hydrogen) atoms. The number of nitrogens with one attached hydrogen (secondary N) is 1. The van der Waals surface area contributed by atoms with Gasteiger partial charge in [0.2, 0.25) is 11.9 Å².